The lowest BCUT2D eigenvalue weighted by Crippen LogP contribution is -2.40. The molecule has 0 unspecified atom stereocenters. The fraction of sp³-hybridized carbons (Fsp3) is 0.219. The molecule has 3 heterocycles. The number of nitrogens with zero attached hydrogens (tertiary/aromatic N) is 3. The number of amides is 1. The minimum absolute atomic E-state index is 0.0194. The number of hydrogen-bond acceptors (Lipinski definition) is 7. The Bertz CT molecular complexity index is 1790. The first-order valence-electron chi connectivity index (χ1n) is 13.4. The van der Waals surface area contributed by atoms with Gasteiger partial charge in [-0.3, -0.25) is 4.79 Å². The maximum absolute atomic E-state index is 14.8. The first-order chi connectivity index (χ1) is 20.5. The largest absolute Gasteiger partial charge is 0.497 e. The van der Waals surface area contributed by atoms with Crippen molar-refractivity contribution in [2.75, 3.05) is 19.5 Å². The second-order valence-electron chi connectivity index (χ2n) is 10.9. The van der Waals surface area contributed by atoms with Crippen molar-refractivity contribution < 1.29 is 28.2 Å². The normalized spacial score (nSPS) is 11.4. The van der Waals surface area contributed by atoms with Crippen molar-refractivity contribution in [3.05, 3.63) is 89.8 Å². The van der Waals surface area contributed by atoms with Gasteiger partial charge in [-0.2, -0.15) is 0 Å². The SMILES string of the molecule is COc1ccc(Cn2cc3nc(-c4c(F)cccc4F)cc(Nc4ccc(C(=O)NC(C)(C)C)cn4)c3c2O)c(OC)c1. The van der Waals surface area contributed by atoms with E-state index in [2.05, 4.69) is 20.6 Å². The molecule has 3 aromatic heterocycles. The molecule has 0 atom stereocenters. The molecule has 0 spiro atoms. The van der Waals surface area contributed by atoms with Crippen LogP contribution in [-0.4, -0.2) is 45.3 Å². The molecule has 5 aromatic rings. The van der Waals surface area contributed by atoms with Crippen LogP contribution < -0.4 is 20.1 Å². The third-order valence-corrected chi connectivity index (χ3v) is 6.65. The molecule has 1 amide bonds. The van der Waals surface area contributed by atoms with Crippen molar-refractivity contribution in [1.82, 2.24) is 19.9 Å². The topological polar surface area (TPSA) is 111 Å². The highest BCUT2D eigenvalue weighted by Crippen LogP contribution is 2.39. The third-order valence-electron chi connectivity index (χ3n) is 6.65. The lowest BCUT2D eigenvalue weighted by Gasteiger charge is -2.20. The van der Waals surface area contributed by atoms with Crippen LogP contribution in [0.15, 0.2) is 67.0 Å². The van der Waals surface area contributed by atoms with Crippen LogP contribution in [-0.2, 0) is 6.54 Å². The summed E-state index contributed by atoms with van der Waals surface area (Å²) in [5, 5.41) is 17.7. The van der Waals surface area contributed by atoms with E-state index in [9.17, 15) is 18.7 Å². The van der Waals surface area contributed by atoms with Crippen LogP contribution in [0.4, 0.5) is 20.3 Å². The summed E-state index contributed by atoms with van der Waals surface area (Å²) >= 11 is 0. The summed E-state index contributed by atoms with van der Waals surface area (Å²) in [5.41, 5.74) is 0.991. The van der Waals surface area contributed by atoms with E-state index < -0.39 is 17.2 Å². The van der Waals surface area contributed by atoms with Gasteiger partial charge in [0, 0.05) is 29.6 Å². The molecule has 43 heavy (non-hydrogen) atoms. The number of anilines is 2. The fourth-order valence-electron chi connectivity index (χ4n) is 4.65. The number of ether oxygens (including phenoxy) is 2. The Morgan fingerprint density at radius 3 is 2.40 bits per heavy atom. The molecule has 11 heteroatoms. The van der Waals surface area contributed by atoms with Gasteiger partial charge < -0.3 is 29.8 Å². The second-order valence-corrected chi connectivity index (χ2v) is 10.9. The maximum atomic E-state index is 14.8. The smallest absolute Gasteiger partial charge is 0.253 e. The van der Waals surface area contributed by atoms with Crippen molar-refractivity contribution in [3.63, 3.8) is 0 Å². The summed E-state index contributed by atoms with van der Waals surface area (Å²) in [6.07, 6.45) is 3.01. The molecular formula is C32H31F2N5O4. The van der Waals surface area contributed by atoms with Crippen molar-refractivity contribution in [2.45, 2.75) is 32.9 Å². The van der Waals surface area contributed by atoms with Gasteiger partial charge >= 0.3 is 0 Å². The van der Waals surface area contributed by atoms with Crippen LogP contribution in [0.3, 0.4) is 0 Å². The quantitative estimate of drug-likeness (QED) is 0.192. The highest BCUT2D eigenvalue weighted by molar-refractivity contribution is 5.99. The zero-order chi connectivity index (χ0) is 30.9. The number of fused-ring (bicyclic) bond motifs is 1. The van der Waals surface area contributed by atoms with Gasteiger partial charge in [0.25, 0.3) is 5.91 Å². The second kappa shape index (κ2) is 11.6. The number of carbonyl (C=O) groups excluding carboxylic acids is 1. The first-order valence-corrected chi connectivity index (χ1v) is 13.4. The van der Waals surface area contributed by atoms with Gasteiger partial charge in [0.2, 0.25) is 5.88 Å². The molecule has 0 bridgehead atoms. The first kappa shape index (κ1) is 29.3. The Balaban J connectivity index is 1.59. The van der Waals surface area contributed by atoms with E-state index in [1.165, 1.54) is 25.4 Å². The van der Waals surface area contributed by atoms with Crippen molar-refractivity contribution in [3.8, 4) is 28.6 Å². The minimum atomic E-state index is -0.781. The minimum Gasteiger partial charge on any atom is -0.497 e. The molecule has 3 N–H and O–H groups in total. The molecule has 0 aliphatic rings. The Labute approximate surface area is 247 Å². The van der Waals surface area contributed by atoms with Gasteiger partial charge in [0.15, 0.2) is 0 Å². The van der Waals surface area contributed by atoms with Gasteiger partial charge in [0.05, 0.1) is 54.2 Å². The zero-order valence-electron chi connectivity index (χ0n) is 24.3. The van der Waals surface area contributed by atoms with E-state index in [0.29, 0.717) is 34.0 Å². The Hall–Kier alpha value is -5.19. The fourth-order valence-corrected chi connectivity index (χ4v) is 4.65. The predicted octanol–water partition coefficient (Wildman–Crippen LogP) is 6.42. The number of benzene rings is 2. The highest BCUT2D eigenvalue weighted by Gasteiger charge is 2.21. The standard InChI is InChI=1S/C32H31F2N5O4/c1-32(2,3)38-30(40)18-10-12-27(35-15-18)37-24-14-23(28-21(33)7-6-8-22(28)34)36-25-17-39(31(41)29(24)25)16-19-9-11-20(42-4)13-26(19)43-5/h6-15,17,41H,16H2,1-5H3,(H,35,37)(H,38,40). The molecule has 5 rings (SSSR count). The number of nitrogens with one attached hydrogen (secondary N) is 2. The Kier molecular flexibility index (Phi) is 7.90. The number of halogens is 2. The number of pyridine rings is 2. The van der Waals surface area contributed by atoms with E-state index in [0.717, 1.165) is 17.7 Å². The number of carbonyl (C=O) groups is 1. The number of aromatic nitrogens is 3. The van der Waals surface area contributed by atoms with Crippen molar-refractivity contribution >= 4 is 28.3 Å². The number of hydrogen-bond donors (Lipinski definition) is 3. The van der Waals surface area contributed by atoms with E-state index in [1.807, 2.05) is 26.8 Å². The van der Waals surface area contributed by atoms with E-state index in [-0.39, 0.29) is 35.1 Å². The molecule has 9 nitrogen and oxygen atoms in total. The maximum Gasteiger partial charge on any atom is 0.253 e. The van der Waals surface area contributed by atoms with Crippen LogP contribution in [0, 0.1) is 11.6 Å². The number of aromatic hydroxyl groups is 1. The average Bonchev–Trinajstić information content (AvgIpc) is 3.27. The van der Waals surface area contributed by atoms with Gasteiger partial charge in [0.1, 0.15) is 29.0 Å². The molecular weight excluding hydrogens is 556 g/mol. The van der Waals surface area contributed by atoms with Crippen LogP contribution in [0.5, 0.6) is 17.4 Å². The molecule has 222 valence electrons. The summed E-state index contributed by atoms with van der Waals surface area (Å²) < 4.78 is 42.0. The molecule has 0 aliphatic heterocycles. The molecule has 0 saturated heterocycles. The van der Waals surface area contributed by atoms with Crippen LogP contribution >= 0.6 is 0 Å². The lowest BCUT2D eigenvalue weighted by molar-refractivity contribution is 0.0919. The summed E-state index contributed by atoms with van der Waals surface area (Å²) in [7, 11) is 3.09. The monoisotopic (exact) mass is 587 g/mol. The van der Waals surface area contributed by atoms with Crippen LogP contribution in [0.2, 0.25) is 0 Å². The van der Waals surface area contributed by atoms with Crippen LogP contribution in [0.25, 0.3) is 22.2 Å². The number of methoxy groups -OCH3 is 2. The third kappa shape index (κ3) is 6.20. The summed E-state index contributed by atoms with van der Waals surface area (Å²) in [6.45, 7) is 5.83. The summed E-state index contributed by atoms with van der Waals surface area (Å²) in [4.78, 5) is 21.4. The highest BCUT2D eigenvalue weighted by atomic mass is 19.1. The molecule has 2 aromatic carbocycles. The molecule has 0 saturated carbocycles. The molecule has 0 radical (unpaired) electrons. The summed E-state index contributed by atoms with van der Waals surface area (Å²) in [5.74, 6) is -0.473. The van der Waals surface area contributed by atoms with E-state index in [4.69, 9.17) is 9.47 Å². The van der Waals surface area contributed by atoms with Gasteiger partial charge in [-0.15, -0.1) is 0 Å². The average molecular weight is 588 g/mol. The molecule has 0 fully saturated rings. The van der Waals surface area contributed by atoms with Crippen molar-refractivity contribution in [1.29, 1.82) is 0 Å². The van der Waals surface area contributed by atoms with Gasteiger partial charge in [-0.05, 0) is 63.2 Å². The Morgan fingerprint density at radius 2 is 1.77 bits per heavy atom. The lowest BCUT2D eigenvalue weighted by atomic mass is 10.1. The zero-order valence-corrected chi connectivity index (χ0v) is 24.3. The number of rotatable bonds is 8. The van der Waals surface area contributed by atoms with Crippen LogP contribution in [0.1, 0.15) is 36.7 Å². The summed E-state index contributed by atoms with van der Waals surface area (Å²) in [6, 6.07) is 13.6. The predicted molar refractivity (Wildman–Crippen MR) is 160 cm³/mol. The van der Waals surface area contributed by atoms with E-state index >= 15 is 0 Å². The van der Waals surface area contributed by atoms with Gasteiger partial charge in [-0.25, -0.2) is 18.7 Å². The van der Waals surface area contributed by atoms with Gasteiger partial charge in [-0.1, -0.05) is 6.07 Å². The van der Waals surface area contributed by atoms with Crippen molar-refractivity contribution in [2.24, 2.45) is 0 Å². The van der Waals surface area contributed by atoms with E-state index in [1.54, 1.807) is 42.1 Å². The molecule has 0 aliphatic carbocycles. The Morgan fingerprint density at radius 1 is 1.02 bits per heavy atom.